The van der Waals surface area contributed by atoms with E-state index in [0.717, 1.165) is 48.0 Å². The van der Waals surface area contributed by atoms with Crippen molar-refractivity contribution in [1.82, 2.24) is 0 Å². The molecule has 172 valence electrons. The van der Waals surface area contributed by atoms with E-state index in [1.165, 1.54) is 70.6 Å². The number of hydrogen-bond donors (Lipinski definition) is 1. The highest BCUT2D eigenvalue weighted by molar-refractivity contribution is 5.24. The van der Waals surface area contributed by atoms with E-state index >= 15 is 0 Å². The van der Waals surface area contributed by atoms with E-state index in [-0.39, 0.29) is 0 Å². The molecule has 8 atom stereocenters. The first kappa shape index (κ1) is 22.8. The lowest BCUT2D eigenvalue weighted by Crippen LogP contribution is -2.48. The quantitative estimate of drug-likeness (QED) is 0.434. The van der Waals surface area contributed by atoms with Gasteiger partial charge >= 0.3 is 0 Å². The predicted octanol–water partition coefficient (Wildman–Crippen LogP) is 6.98. The largest absolute Gasteiger partial charge is 0.377 e. The van der Waals surface area contributed by atoms with E-state index in [2.05, 4.69) is 33.8 Å². The number of ether oxygens (including phenoxy) is 1. The van der Waals surface area contributed by atoms with E-state index in [0.29, 0.717) is 18.1 Å². The average Bonchev–Trinajstić information content (AvgIpc) is 3.16. The minimum atomic E-state index is 0.420. The molecular weight excluding hydrogens is 366 g/mol. The number of fused-ring (bicyclic) bond motifs is 5. The highest BCUT2D eigenvalue weighted by Crippen LogP contribution is 2.63. The van der Waals surface area contributed by atoms with Crippen LogP contribution in [0.25, 0.3) is 0 Å². The third kappa shape index (κ3) is 4.42. The zero-order chi connectivity index (χ0) is 21.3. The van der Waals surface area contributed by atoms with Crippen molar-refractivity contribution in [2.24, 2.45) is 52.6 Å². The molecule has 2 heteroatoms. The van der Waals surface area contributed by atoms with Crippen LogP contribution in [0.2, 0.25) is 0 Å². The molecule has 2 N–H and O–H groups in total. The zero-order valence-corrected chi connectivity index (χ0v) is 20.4. The third-order valence-electron chi connectivity index (χ3n) is 10.1. The Kier molecular flexibility index (Phi) is 7.35. The van der Waals surface area contributed by atoms with Gasteiger partial charge in [-0.05, 0) is 98.2 Å². The van der Waals surface area contributed by atoms with Crippen LogP contribution in [-0.4, -0.2) is 19.3 Å². The van der Waals surface area contributed by atoms with Gasteiger partial charge in [0.15, 0.2) is 0 Å². The van der Waals surface area contributed by atoms with Crippen molar-refractivity contribution in [2.45, 2.75) is 104 Å². The van der Waals surface area contributed by atoms with Gasteiger partial charge in [-0.25, -0.2) is 0 Å². The van der Waals surface area contributed by atoms with Gasteiger partial charge < -0.3 is 10.5 Å². The molecule has 4 rings (SSSR count). The monoisotopic (exact) mass is 415 g/mol. The Balaban J connectivity index is 1.40. The second-order valence-electron chi connectivity index (χ2n) is 12.1. The van der Waals surface area contributed by atoms with Crippen LogP contribution in [0.1, 0.15) is 98.3 Å². The molecule has 30 heavy (non-hydrogen) atoms. The molecule has 0 aromatic rings. The molecule has 0 heterocycles. The molecule has 4 aliphatic carbocycles. The molecule has 0 saturated heterocycles. The standard InChI is InChI=1S/C28H49NO/c1-19(2)6-5-7-20(3)23-10-11-25-24(23)12-13-27-26(25)9-8-21-18-22(30-17-16-29)14-15-28(21,27)4/h8,19-20,22-27H,5-7,9-18,29H2,1-4H3. The fourth-order valence-electron chi connectivity index (χ4n) is 8.47. The van der Waals surface area contributed by atoms with Crippen molar-refractivity contribution in [3.63, 3.8) is 0 Å². The lowest BCUT2D eigenvalue weighted by molar-refractivity contribution is -0.0311. The molecule has 0 aliphatic heterocycles. The van der Waals surface area contributed by atoms with Crippen LogP contribution < -0.4 is 5.73 Å². The number of nitrogens with two attached hydrogens (primary N) is 1. The van der Waals surface area contributed by atoms with Crippen LogP contribution in [0, 0.1) is 46.8 Å². The van der Waals surface area contributed by atoms with E-state index in [1.807, 2.05) is 0 Å². The van der Waals surface area contributed by atoms with Gasteiger partial charge in [0, 0.05) is 6.54 Å². The maximum Gasteiger partial charge on any atom is 0.0613 e. The van der Waals surface area contributed by atoms with Crippen molar-refractivity contribution < 1.29 is 4.74 Å². The summed E-state index contributed by atoms with van der Waals surface area (Å²) in [5, 5.41) is 0. The number of allylic oxidation sites excluding steroid dienone is 1. The third-order valence-corrected chi connectivity index (χ3v) is 10.1. The lowest BCUT2D eigenvalue weighted by atomic mass is 9.50. The summed E-state index contributed by atoms with van der Waals surface area (Å²) >= 11 is 0. The van der Waals surface area contributed by atoms with Gasteiger partial charge in [-0.2, -0.15) is 0 Å². The minimum absolute atomic E-state index is 0.420. The first-order valence-electron chi connectivity index (χ1n) is 13.4. The van der Waals surface area contributed by atoms with Crippen molar-refractivity contribution in [3.05, 3.63) is 11.6 Å². The fraction of sp³-hybridized carbons (Fsp3) is 0.929. The Morgan fingerprint density at radius 2 is 1.83 bits per heavy atom. The summed E-state index contributed by atoms with van der Waals surface area (Å²) in [7, 11) is 0. The van der Waals surface area contributed by atoms with Crippen LogP contribution in [0.3, 0.4) is 0 Å². The molecule has 0 amide bonds. The molecule has 3 fully saturated rings. The Hall–Kier alpha value is -0.340. The molecule has 0 aromatic carbocycles. The Labute approximate surface area is 186 Å². The minimum Gasteiger partial charge on any atom is -0.377 e. The van der Waals surface area contributed by atoms with Crippen molar-refractivity contribution >= 4 is 0 Å². The van der Waals surface area contributed by atoms with Crippen LogP contribution in [-0.2, 0) is 4.74 Å². The second-order valence-corrected chi connectivity index (χ2v) is 12.1. The summed E-state index contributed by atoms with van der Waals surface area (Å²) in [5.74, 6) is 6.77. The van der Waals surface area contributed by atoms with Crippen LogP contribution in [0.4, 0.5) is 0 Å². The van der Waals surface area contributed by atoms with Crippen LogP contribution in [0.5, 0.6) is 0 Å². The average molecular weight is 416 g/mol. The molecule has 4 aliphatic rings. The van der Waals surface area contributed by atoms with Gasteiger partial charge in [-0.3, -0.25) is 0 Å². The van der Waals surface area contributed by atoms with Gasteiger partial charge in [0.25, 0.3) is 0 Å². The molecule has 0 radical (unpaired) electrons. The van der Waals surface area contributed by atoms with Gasteiger partial charge in [0.05, 0.1) is 12.7 Å². The molecule has 2 nitrogen and oxygen atoms in total. The maximum absolute atomic E-state index is 6.05. The fourth-order valence-corrected chi connectivity index (χ4v) is 8.47. The summed E-state index contributed by atoms with van der Waals surface area (Å²) in [4.78, 5) is 0. The highest BCUT2D eigenvalue weighted by atomic mass is 16.5. The van der Waals surface area contributed by atoms with Gasteiger partial charge in [0.1, 0.15) is 0 Å². The van der Waals surface area contributed by atoms with Crippen LogP contribution >= 0.6 is 0 Å². The lowest BCUT2D eigenvalue weighted by Gasteiger charge is -2.55. The summed E-state index contributed by atoms with van der Waals surface area (Å²) < 4.78 is 6.05. The smallest absolute Gasteiger partial charge is 0.0613 e. The second kappa shape index (κ2) is 9.65. The summed E-state index contributed by atoms with van der Waals surface area (Å²) in [6.07, 6.45) is 18.6. The molecule has 0 bridgehead atoms. The summed E-state index contributed by atoms with van der Waals surface area (Å²) in [6, 6.07) is 0. The number of hydrogen-bond acceptors (Lipinski definition) is 2. The van der Waals surface area contributed by atoms with Gasteiger partial charge in [0.2, 0.25) is 0 Å². The Morgan fingerprint density at radius 3 is 2.60 bits per heavy atom. The number of rotatable bonds is 8. The maximum atomic E-state index is 6.05. The first-order valence-corrected chi connectivity index (χ1v) is 13.4. The van der Waals surface area contributed by atoms with E-state index < -0.39 is 0 Å². The zero-order valence-electron chi connectivity index (χ0n) is 20.4. The molecule has 3 saturated carbocycles. The van der Waals surface area contributed by atoms with E-state index in [9.17, 15) is 0 Å². The van der Waals surface area contributed by atoms with Crippen molar-refractivity contribution in [2.75, 3.05) is 13.2 Å². The molecule has 8 unspecified atom stereocenters. The molecule has 0 spiro atoms. The topological polar surface area (TPSA) is 35.2 Å². The van der Waals surface area contributed by atoms with Crippen molar-refractivity contribution in [3.8, 4) is 0 Å². The molecular formula is C28H49NO. The Morgan fingerprint density at radius 1 is 1.03 bits per heavy atom. The Bertz CT molecular complexity index is 597. The SMILES string of the molecule is CC(C)CCCC(C)C1CCC2C1CCC1C2CC=C2CC(OCCN)CCC21C. The van der Waals surface area contributed by atoms with E-state index in [1.54, 1.807) is 5.57 Å². The first-order chi connectivity index (χ1) is 14.4. The normalized spacial score (nSPS) is 41.7. The molecule has 0 aromatic heterocycles. The van der Waals surface area contributed by atoms with Crippen molar-refractivity contribution in [1.29, 1.82) is 0 Å². The van der Waals surface area contributed by atoms with Crippen LogP contribution in [0.15, 0.2) is 11.6 Å². The predicted molar refractivity (Wildman–Crippen MR) is 127 cm³/mol. The summed E-state index contributed by atoms with van der Waals surface area (Å²) in [6.45, 7) is 11.3. The van der Waals surface area contributed by atoms with Gasteiger partial charge in [-0.1, -0.05) is 58.6 Å². The van der Waals surface area contributed by atoms with E-state index in [4.69, 9.17) is 10.5 Å². The summed E-state index contributed by atoms with van der Waals surface area (Å²) in [5.41, 5.74) is 7.87. The highest BCUT2D eigenvalue weighted by Gasteiger charge is 2.54. The van der Waals surface area contributed by atoms with Gasteiger partial charge in [-0.15, -0.1) is 0 Å².